The first-order chi connectivity index (χ1) is 14.4. The molecule has 1 aromatic heterocycles. The van der Waals surface area contributed by atoms with Gasteiger partial charge in [-0.05, 0) is 48.2 Å². The molecule has 0 spiro atoms. The van der Waals surface area contributed by atoms with Crippen molar-refractivity contribution in [2.24, 2.45) is 5.73 Å². The Hall–Kier alpha value is -2.87. The van der Waals surface area contributed by atoms with Gasteiger partial charge in [0, 0.05) is 50.8 Å². The van der Waals surface area contributed by atoms with Crippen LogP contribution in [0.5, 0.6) is 0 Å². The number of piperazine rings is 1. The molecule has 30 heavy (non-hydrogen) atoms. The number of halogens is 2. The lowest BCUT2D eigenvalue weighted by molar-refractivity contribution is -0.133. The summed E-state index contributed by atoms with van der Waals surface area (Å²) in [4.78, 5) is 32.7. The van der Waals surface area contributed by atoms with Gasteiger partial charge < -0.3 is 15.5 Å². The number of aromatic nitrogens is 1. The van der Waals surface area contributed by atoms with Crippen molar-refractivity contribution in [3.63, 3.8) is 0 Å². The summed E-state index contributed by atoms with van der Waals surface area (Å²) in [5, 5.41) is 0. The van der Waals surface area contributed by atoms with E-state index in [4.69, 9.17) is 5.73 Å². The van der Waals surface area contributed by atoms with Crippen LogP contribution < -0.4 is 5.73 Å². The van der Waals surface area contributed by atoms with E-state index in [1.807, 2.05) is 0 Å². The number of hydrogen-bond acceptors (Lipinski definition) is 4. The molecular formula is C22H24F2N4O2. The van der Waals surface area contributed by atoms with E-state index in [1.54, 1.807) is 34.2 Å². The van der Waals surface area contributed by atoms with Gasteiger partial charge in [-0.1, -0.05) is 6.07 Å². The largest absolute Gasteiger partial charge is 0.339 e. The summed E-state index contributed by atoms with van der Waals surface area (Å²) in [7, 11) is 0. The van der Waals surface area contributed by atoms with Crippen LogP contribution in [0.4, 0.5) is 8.78 Å². The lowest BCUT2D eigenvalue weighted by atomic mass is 9.91. The van der Waals surface area contributed by atoms with Crippen LogP contribution in [0.15, 0.2) is 36.5 Å². The van der Waals surface area contributed by atoms with Gasteiger partial charge in [0.15, 0.2) is 11.6 Å². The van der Waals surface area contributed by atoms with Crippen LogP contribution in [0, 0.1) is 11.6 Å². The summed E-state index contributed by atoms with van der Waals surface area (Å²) in [6, 6.07) is 7.18. The summed E-state index contributed by atoms with van der Waals surface area (Å²) in [6.45, 7) is 1.75. The molecule has 2 N–H and O–H groups in total. The number of amides is 2. The number of nitrogens with zero attached hydrogens (tertiary/aromatic N) is 3. The number of hydrogen-bond donors (Lipinski definition) is 1. The highest BCUT2D eigenvalue weighted by Crippen LogP contribution is 2.37. The van der Waals surface area contributed by atoms with Crippen molar-refractivity contribution < 1.29 is 18.4 Å². The first-order valence-corrected chi connectivity index (χ1v) is 10.2. The fourth-order valence-electron chi connectivity index (χ4n) is 4.36. The molecule has 0 radical (unpaired) electrons. The van der Waals surface area contributed by atoms with Crippen LogP contribution in [0.25, 0.3) is 0 Å². The molecule has 2 aromatic rings. The van der Waals surface area contributed by atoms with Crippen LogP contribution in [-0.2, 0) is 11.2 Å². The Bertz CT molecular complexity index is 946. The second-order valence-corrected chi connectivity index (χ2v) is 7.87. The summed E-state index contributed by atoms with van der Waals surface area (Å²) in [5.41, 5.74) is 8.17. The zero-order valence-corrected chi connectivity index (χ0v) is 16.6. The molecule has 1 aromatic carbocycles. The minimum atomic E-state index is -0.882. The monoisotopic (exact) mass is 414 g/mol. The number of aryl methyl sites for hydroxylation is 1. The van der Waals surface area contributed by atoms with E-state index in [9.17, 15) is 18.4 Å². The zero-order chi connectivity index (χ0) is 21.3. The molecule has 4 rings (SSSR count). The number of nitrogens with two attached hydrogens (primary N) is 1. The van der Waals surface area contributed by atoms with Crippen molar-refractivity contribution in [1.29, 1.82) is 0 Å². The molecule has 0 unspecified atom stereocenters. The third-order valence-electron chi connectivity index (χ3n) is 6.04. The molecule has 1 aliphatic heterocycles. The lowest BCUT2D eigenvalue weighted by Crippen LogP contribution is -2.51. The number of carbonyl (C=O) groups is 2. The van der Waals surface area contributed by atoms with Gasteiger partial charge in [-0.15, -0.1) is 0 Å². The van der Waals surface area contributed by atoms with E-state index in [0.717, 1.165) is 5.56 Å². The number of pyridine rings is 1. The highest BCUT2D eigenvalue weighted by Gasteiger charge is 2.32. The third kappa shape index (κ3) is 4.05. The van der Waals surface area contributed by atoms with Gasteiger partial charge in [-0.25, -0.2) is 8.78 Å². The van der Waals surface area contributed by atoms with Gasteiger partial charge in [-0.3, -0.25) is 14.6 Å². The Kier molecular flexibility index (Phi) is 5.76. The van der Waals surface area contributed by atoms with Crippen molar-refractivity contribution in [2.75, 3.05) is 26.2 Å². The normalized spacial score (nSPS) is 19.5. The average Bonchev–Trinajstić information content (AvgIpc) is 3.17. The number of rotatable bonds is 4. The first-order valence-electron chi connectivity index (χ1n) is 10.2. The molecule has 0 saturated carbocycles. The van der Waals surface area contributed by atoms with E-state index < -0.39 is 17.7 Å². The molecular weight excluding hydrogens is 390 g/mol. The summed E-state index contributed by atoms with van der Waals surface area (Å²) < 4.78 is 27.1. The van der Waals surface area contributed by atoms with E-state index >= 15 is 0 Å². The minimum absolute atomic E-state index is 0.0801. The SMILES string of the molecule is N[C@@H](CC(=O)N1CCN(C(=O)c2ccccn2)CC1)[C@H]1CCc2cc(F)c(F)cc21. The predicted molar refractivity (Wildman–Crippen MR) is 107 cm³/mol. The van der Waals surface area contributed by atoms with Crippen molar-refractivity contribution in [3.05, 3.63) is 65.0 Å². The molecule has 6 nitrogen and oxygen atoms in total. The smallest absolute Gasteiger partial charge is 0.272 e. The molecule has 2 atom stereocenters. The molecule has 1 saturated heterocycles. The Labute approximate surface area is 173 Å². The number of benzene rings is 1. The summed E-state index contributed by atoms with van der Waals surface area (Å²) in [6.07, 6.45) is 3.03. The van der Waals surface area contributed by atoms with Gasteiger partial charge >= 0.3 is 0 Å². The Morgan fingerprint density at radius 3 is 2.50 bits per heavy atom. The van der Waals surface area contributed by atoms with Crippen LogP contribution in [0.2, 0.25) is 0 Å². The minimum Gasteiger partial charge on any atom is -0.339 e. The third-order valence-corrected chi connectivity index (χ3v) is 6.04. The van der Waals surface area contributed by atoms with Crippen LogP contribution >= 0.6 is 0 Å². The highest BCUT2D eigenvalue weighted by molar-refractivity contribution is 5.92. The van der Waals surface area contributed by atoms with E-state index in [-0.39, 0.29) is 24.2 Å². The van der Waals surface area contributed by atoms with E-state index in [2.05, 4.69) is 4.98 Å². The van der Waals surface area contributed by atoms with Crippen molar-refractivity contribution in [2.45, 2.75) is 31.2 Å². The maximum absolute atomic E-state index is 13.7. The van der Waals surface area contributed by atoms with E-state index in [0.29, 0.717) is 50.3 Å². The standard InChI is InChI=1S/C22H24F2N4O2/c23-17-11-14-4-5-15(16(14)12-18(17)24)19(25)13-21(29)27-7-9-28(10-8-27)22(30)20-3-1-2-6-26-20/h1-3,6,11-12,15,19H,4-5,7-10,13,25H2/t15-,19-/m0/s1. The number of fused-ring (bicyclic) bond motifs is 1. The molecule has 2 heterocycles. The Morgan fingerprint density at radius 1 is 1.10 bits per heavy atom. The van der Waals surface area contributed by atoms with Gasteiger partial charge in [0.05, 0.1) is 0 Å². The lowest BCUT2D eigenvalue weighted by Gasteiger charge is -2.35. The van der Waals surface area contributed by atoms with Crippen molar-refractivity contribution in [3.8, 4) is 0 Å². The second-order valence-electron chi connectivity index (χ2n) is 7.87. The summed E-state index contributed by atoms with van der Waals surface area (Å²) >= 11 is 0. The second kappa shape index (κ2) is 8.47. The van der Waals surface area contributed by atoms with Crippen LogP contribution in [0.3, 0.4) is 0 Å². The molecule has 2 aliphatic rings. The maximum atomic E-state index is 13.7. The number of carbonyl (C=O) groups excluding carboxylic acids is 2. The van der Waals surface area contributed by atoms with Gasteiger partial charge in [0.1, 0.15) is 5.69 Å². The van der Waals surface area contributed by atoms with Gasteiger partial charge in [0.2, 0.25) is 5.91 Å². The first kappa shape index (κ1) is 20.4. The average molecular weight is 414 g/mol. The van der Waals surface area contributed by atoms with E-state index in [1.165, 1.54) is 12.1 Å². The fourth-order valence-corrected chi connectivity index (χ4v) is 4.36. The maximum Gasteiger partial charge on any atom is 0.272 e. The van der Waals surface area contributed by atoms with Gasteiger partial charge in [0.25, 0.3) is 5.91 Å². The topological polar surface area (TPSA) is 79.5 Å². The Morgan fingerprint density at radius 2 is 1.80 bits per heavy atom. The van der Waals surface area contributed by atoms with Crippen LogP contribution in [-0.4, -0.2) is 58.8 Å². The molecule has 1 fully saturated rings. The van der Waals surface area contributed by atoms with Gasteiger partial charge in [-0.2, -0.15) is 0 Å². The molecule has 0 bridgehead atoms. The Balaban J connectivity index is 1.33. The molecule has 158 valence electrons. The quantitative estimate of drug-likeness (QED) is 0.831. The molecule has 8 heteroatoms. The van der Waals surface area contributed by atoms with Crippen LogP contribution in [0.1, 0.15) is 40.4 Å². The summed E-state index contributed by atoms with van der Waals surface area (Å²) in [5.74, 6) is -2.11. The fraction of sp³-hybridized carbons (Fsp3) is 0.409. The highest BCUT2D eigenvalue weighted by atomic mass is 19.2. The molecule has 1 aliphatic carbocycles. The predicted octanol–water partition coefficient (Wildman–Crippen LogP) is 2.09. The zero-order valence-electron chi connectivity index (χ0n) is 16.6. The van der Waals surface area contributed by atoms with Crippen molar-refractivity contribution >= 4 is 11.8 Å². The molecule has 2 amide bonds. The van der Waals surface area contributed by atoms with Crippen molar-refractivity contribution in [1.82, 2.24) is 14.8 Å².